The van der Waals surface area contributed by atoms with E-state index in [9.17, 15) is 4.79 Å². The second-order valence-electron chi connectivity index (χ2n) is 3.11. The van der Waals surface area contributed by atoms with Gasteiger partial charge in [0.15, 0.2) is 0 Å². The van der Waals surface area contributed by atoms with Crippen LogP contribution in [0.1, 0.15) is 13.8 Å². The van der Waals surface area contributed by atoms with Crippen LogP contribution in [0, 0.1) is 0 Å². The van der Waals surface area contributed by atoms with Crippen molar-refractivity contribution in [1.82, 2.24) is 0 Å². The van der Waals surface area contributed by atoms with Gasteiger partial charge in [-0.15, -0.1) is 0 Å². The average molecular weight is 202 g/mol. The van der Waals surface area contributed by atoms with Crippen molar-refractivity contribution in [3.63, 3.8) is 0 Å². The van der Waals surface area contributed by atoms with Crippen LogP contribution in [0.3, 0.4) is 0 Å². The molecule has 0 N–H and O–H groups in total. The summed E-state index contributed by atoms with van der Waals surface area (Å²) in [6, 6.07) is 0. The van der Waals surface area contributed by atoms with Crippen LogP contribution >= 0.6 is 0 Å². The summed E-state index contributed by atoms with van der Waals surface area (Å²) >= 11 is 0. The molecule has 0 amide bonds. The molecule has 1 heterocycles. The van der Waals surface area contributed by atoms with Crippen molar-refractivity contribution >= 4 is 5.97 Å². The Labute approximate surface area is 82.6 Å². The quantitative estimate of drug-likeness (QED) is 0.500. The molecule has 2 unspecified atom stereocenters. The molecule has 1 aliphatic rings. The molecule has 0 bridgehead atoms. The van der Waals surface area contributed by atoms with Gasteiger partial charge >= 0.3 is 5.97 Å². The first-order valence-electron chi connectivity index (χ1n) is 4.20. The zero-order valence-corrected chi connectivity index (χ0v) is 8.53. The monoisotopic (exact) mass is 202 g/mol. The Morgan fingerprint density at radius 2 is 2.29 bits per heavy atom. The van der Waals surface area contributed by atoms with E-state index >= 15 is 0 Å². The van der Waals surface area contributed by atoms with Crippen molar-refractivity contribution in [2.45, 2.75) is 26.1 Å². The van der Waals surface area contributed by atoms with Crippen LogP contribution in [0.5, 0.6) is 0 Å². The van der Waals surface area contributed by atoms with Gasteiger partial charge in [0, 0.05) is 19.6 Å². The van der Waals surface area contributed by atoms with Crippen LogP contribution in [0.4, 0.5) is 0 Å². The van der Waals surface area contributed by atoms with Gasteiger partial charge in [0.05, 0.1) is 0 Å². The topological polar surface area (TPSA) is 54.0 Å². The number of hydrogen-bond donors (Lipinski definition) is 0. The van der Waals surface area contributed by atoms with Gasteiger partial charge in [-0.3, -0.25) is 4.74 Å². The van der Waals surface area contributed by atoms with Crippen LogP contribution in [-0.4, -0.2) is 31.9 Å². The predicted octanol–water partition coefficient (Wildman–Crippen LogP) is 0.799. The first-order valence-corrected chi connectivity index (χ1v) is 4.20. The van der Waals surface area contributed by atoms with Gasteiger partial charge < -0.3 is 14.2 Å². The lowest BCUT2D eigenvalue weighted by Gasteiger charge is -2.19. The molecule has 1 saturated heterocycles. The predicted molar refractivity (Wildman–Crippen MR) is 47.1 cm³/mol. The third-order valence-electron chi connectivity index (χ3n) is 1.78. The summed E-state index contributed by atoms with van der Waals surface area (Å²) in [5.41, 5.74) is 0.319. The molecule has 0 radical (unpaired) electrons. The van der Waals surface area contributed by atoms with Gasteiger partial charge in [-0.2, -0.15) is 0 Å². The maximum atomic E-state index is 11.1. The number of rotatable bonds is 3. The first kappa shape index (κ1) is 11.2. The van der Waals surface area contributed by atoms with Crippen molar-refractivity contribution in [2.75, 3.05) is 13.7 Å². The highest BCUT2D eigenvalue weighted by molar-refractivity contribution is 5.87. The number of methoxy groups -OCH3 is 1. The largest absolute Gasteiger partial charge is 0.430 e. The summed E-state index contributed by atoms with van der Waals surface area (Å²) in [6.45, 7) is 6.77. The number of carbonyl (C=O) groups is 1. The van der Waals surface area contributed by atoms with E-state index in [0.717, 1.165) is 0 Å². The molecule has 80 valence electrons. The first-order chi connectivity index (χ1) is 6.47. The van der Waals surface area contributed by atoms with Crippen molar-refractivity contribution in [2.24, 2.45) is 0 Å². The fourth-order valence-corrected chi connectivity index (χ4v) is 0.911. The van der Waals surface area contributed by atoms with Gasteiger partial charge in [0.25, 0.3) is 5.97 Å². The number of ether oxygens (including phenoxy) is 4. The van der Waals surface area contributed by atoms with E-state index in [-0.39, 0.29) is 6.61 Å². The molecule has 5 heteroatoms. The highest BCUT2D eigenvalue weighted by atomic mass is 16.9. The normalized spacial score (nSPS) is 31.5. The lowest BCUT2D eigenvalue weighted by molar-refractivity contribution is -0.326. The van der Waals surface area contributed by atoms with E-state index in [2.05, 4.69) is 6.58 Å². The van der Waals surface area contributed by atoms with Crippen LogP contribution in [0.15, 0.2) is 12.2 Å². The van der Waals surface area contributed by atoms with Crippen molar-refractivity contribution in [3.05, 3.63) is 12.2 Å². The minimum atomic E-state index is -1.12. The maximum absolute atomic E-state index is 11.1. The van der Waals surface area contributed by atoms with E-state index in [1.165, 1.54) is 7.11 Å². The molecule has 0 aliphatic carbocycles. The Bertz CT molecular complexity index is 250. The summed E-state index contributed by atoms with van der Waals surface area (Å²) in [6.07, 6.45) is -0.732. The summed E-state index contributed by atoms with van der Waals surface area (Å²) in [5, 5.41) is 0. The fourth-order valence-electron chi connectivity index (χ4n) is 0.911. The Balaban J connectivity index is 2.44. The molecule has 1 fully saturated rings. The maximum Gasteiger partial charge on any atom is 0.335 e. The molecule has 0 aromatic carbocycles. The molecule has 2 atom stereocenters. The summed E-state index contributed by atoms with van der Waals surface area (Å²) in [4.78, 5) is 11.1. The second-order valence-corrected chi connectivity index (χ2v) is 3.11. The fraction of sp³-hybridized carbons (Fsp3) is 0.667. The third-order valence-corrected chi connectivity index (χ3v) is 1.78. The van der Waals surface area contributed by atoms with Crippen molar-refractivity contribution < 1.29 is 23.7 Å². The lowest BCUT2D eigenvalue weighted by Crippen LogP contribution is -2.30. The van der Waals surface area contributed by atoms with Crippen LogP contribution in [0.25, 0.3) is 0 Å². The zero-order chi connectivity index (χ0) is 10.8. The molecular weight excluding hydrogens is 188 g/mol. The molecule has 0 spiro atoms. The molecule has 0 aromatic heterocycles. The van der Waals surface area contributed by atoms with E-state index in [1.807, 2.05) is 0 Å². The van der Waals surface area contributed by atoms with Crippen LogP contribution in [-0.2, 0) is 23.7 Å². The second kappa shape index (κ2) is 4.08. The number of carbonyl (C=O) groups excluding carboxylic acids is 1. The van der Waals surface area contributed by atoms with Crippen LogP contribution in [0.2, 0.25) is 0 Å². The number of esters is 1. The van der Waals surface area contributed by atoms with E-state index in [4.69, 9.17) is 18.9 Å². The summed E-state index contributed by atoms with van der Waals surface area (Å²) < 4.78 is 20.1. The lowest BCUT2D eigenvalue weighted by atomic mass is 10.4. The average Bonchev–Trinajstić information content (AvgIpc) is 2.48. The third kappa shape index (κ3) is 2.54. The Hall–Kier alpha value is -0.910. The minimum absolute atomic E-state index is 0.156. The van der Waals surface area contributed by atoms with E-state index < -0.39 is 18.2 Å². The van der Waals surface area contributed by atoms with E-state index in [1.54, 1.807) is 13.8 Å². The molecule has 0 aromatic rings. The highest BCUT2D eigenvalue weighted by Crippen LogP contribution is 2.24. The van der Waals surface area contributed by atoms with Crippen molar-refractivity contribution in [1.29, 1.82) is 0 Å². The molecule has 5 nitrogen and oxygen atoms in total. The van der Waals surface area contributed by atoms with Gasteiger partial charge in [0.1, 0.15) is 6.61 Å². The summed E-state index contributed by atoms with van der Waals surface area (Å²) in [5.74, 6) is -1.63. The Kier molecular flexibility index (Phi) is 3.25. The van der Waals surface area contributed by atoms with Gasteiger partial charge in [0.2, 0.25) is 6.29 Å². The molecule has 14 heavy (non-hydrogen) atoms. The number of hydrogen-bond acceptors (Lipinski definition) is 5. The minimum Gasteiger partial charge on any atom is -0.430 e. The SMILES string of the molecule is C=C(C)C(=O)OC1COC(C)(OC)O1. The van der Waals surface area contributed by atoms with Gasteiger partial charge in [-0.25, -0.2) is 4.79 Å². The van der Waals surface area contributed by atoms with Crippen LogP contribution < -0.4 is 0 Å². The van der Waals surface area contributed by atoms with Gasteiger partial charge in [-0.1, -0.05) is 6.58 Å². The van der Waals surface area contributed by atoms with Crippen molar-refractivity contribution in [3.8, 4) is 0 Å². The molecular formula is C9H14O5. The highest BCUT2D eigenvalue weighted by Gasteiger charge is 2.39. The zero-order valence-electron chi connectivity index (χ0n) is 8.53. The molecule has 0 saturated carbocycles. The summed E-state index contributed by atoms with van der Waals surface area (Å²) in [7, 11) is 1.45. The molecule has 1 aliphatic heterocycles. The Morgan fingerprint density at radius 3 is 2.71 bits per heavy atom. The smallest absolute Gasteiger partial charge is 0.335 e. The molecule has 1 rings (SSSR count). The standard InChI is InChI=1S/C9H14O5/c1-6(2)8(10)13-7-5-12-9(3,11-4)14-7/h7H,1,5H2,2-4H3. The Morgan fingerprint density at radius 1 is 1.64 bits per heavy atom. The van der Waals surface area contributed by atoms with E-state index in [0.29, 0.717) is 5.57 Å². The van der Waals surface area contributed by atoms with Gasteiger partial charge in [-0.05, 0) is 6.92 Å².